The molecule has 0 aliphatic carbocycles. The maximum atomic E-state index is 5.17. The Hall–Kier alpha value is -1.08. The minimum absolute atomic E-state index is 0.438. The largest absolute Gasteiger partial charge is 0.373 e. The zero-order valence-corrected chi connectivity index (χ0v) is 7.92. The lowest BCUT2D eigenvalue weighted by Crippen LogP contribution is -1.89. The molecule has 0 bridgehead atoms. The molecule has 0 saturated carbocycles. The van der Waals surface area contributed by atoms with Crippen molar-refractivity contribution in [3.63, 3.8) is 0 Å². The molecule has 2 rings (SSSR count). The Kier molecular flexibility index (Phi) is 2.19. The predicted octanol–water partition coefficient (Wildman–Crippen LogP) is 2.80. The first-order chi connectivity index (χ1) is 6.25. The maximum Gasteiger partial charge on any atom is 0.0850 e. The first kappa shape index (κ1) is 8.52. The quantitative estimate of drug-likeness (QED) is 0.642. The highest BCUT2D eigenvalue weighted by molar-refractivity contribution is 5.64. The molecule has 1 heteroatoms. The van der Waals surface area contributed by atoms with Gasteiger partial charge in [-0.25, -0.2) is 0 Å². The van der Waals surface area contributed by atoms with Gasteiger partial charge in [-0.15, -0.1) is 0 Å². The molecular weight excluding hydrogens is 160 g/mol. The second-order valence-electron chi connectivity index (χ2n) is 3.63. The molecule has 1 saturated heterocycles. The Balaban J connectivity index is 2.09. The fourth-order valence-electron chi connectivity index (χ4n) is 1.44. The van der Waals surface area contributed by atoms with Crippen molar-refractivity contribution in [1.29, 1.82) is 0 Å². The number of aryl methyl sites for hydroxylation is 1. The minimum Gasteiger partial charge on any atom is -0.373 e. The van der Waals surface area contributed by atoms with Crippen LogP contribution in [0, 0.1) is 6.92 Å². The van der Waals surface area contributed by atoms with Gasteiger partial charge in [0.05, 0.1) is 12.7 Å². The number of benzene rings is 1. The lowest BCUT2D eigenvalue weighted by Gasteiger charge is -2.04. The van der Waals surface area contributed by atoms with Crippen molar-refractivity contribution in [3.8, 4) is 0 Å². The summed E-state index contributed by atoms with van der Waals surface area (Å²) in [6, 6.07) is 8.45. The van der Waals surface area contributed by atoms with E-state index < -0.39 is 0 Å². The summed E-state index contributed by atoms with van der Waals surface area (Å²) in [5, 5.41) is 0. The lowest BCUT2D eigenvalue weighted by atomic mass is 10.0. The number of rotatable bonds is 3. The molecule has 1 aromatic rings. The van der Waals surface area contributed by atoms with E-state index >= 15 is 0 Å². The molecule has 1 unspecified atom stereocenters. The maximum absolute atomic E-state index is 5.17. The van der Waals surface area contributed by atoms with Crippen molar-refractivity contribution in [3.05, 3.63) is 42.0 Å². The van der Waals surface area contributed by atoms with E-state index in [1.54, 1.807) is 0 Å². The van der Waals surface area contributed by atoms with Crippen molar-refractivity contribution < 1.29 is 4.74 Å². The predicted molar refractivity (Wildman–Crippen MR) is 54.6 cm³/mol. The Labute approximate surface area is 79.0 Å². The SMILES string of the molecule is C=C(CC1CO1)c1cccc(C)c1. The van der Waals surface area contributed by atoms with Gasteiger partial charge < -0.3 is 4.74 Å². The molecule has 0 radical (unpaired) electrons. The summed E-state index contributed by atoms with van der Waals surface area (Å²) >= 11 is 0. The van der Waals surface area contributed by atoms with Gasteiger partial charge in [-0.1, -0.05) is 36.4 Å². The highest BCUT2D eigenvalue weighted by Gasteiger charge is 2.23. The molecule has 0 N–H and O–H groups in total. The summed E-state index contributed by atoms with van der Waals surface area (Å²) in [6.45, 7) is 7.08. The third-order valence-corrected chi connectivity index (χ3v) is 2.30. The third-order valence-electron chi connectivity index (χ3n) is 2.30. The van der Waals surface area contributed by atoms with E-state index in [1.807, 2.05) is 0 Å². The molecule has 1 heterocycles. The Bertz CT molecular complexity index is 324. The second-order valence-corrected chi connectivity index (χ2v) is 3.63. The van der Waals surface area contributed by atoms with Crippen molar-refractivity contribution in [2.45, 2.75) is 19.4 Å². The summed E-state index contributed by atoms with van der Waals surface area (Å²) in [7, 11) is 0. The second kappa shape index (κ2) is 3.35. The molecule has 0 aromatic heterocycles. The standard InChI is InChI=1S/C12H14O/c1-9-4-3-5-11(6-9)10(2)7-12-8-13-12/h3-6,12H,2,7-8H2,1H3. The van der Waals surface area contributed by atoms with E-state index in [0.717, 1.165) is 13.0 Å². The average molecular weight is 174 g/mol. The first-order valence-corrected chi connectivity index (χ1v) is 4.62. The molecule has 1 nitrogen and oxygen atoms in total. The van der Waals surface area contributed by atoms with Gasteiger partial charge in [0.15, 0.2) is 0 Å². The van der Waals surface area contributed by atoms with Crippen molar-refractivity contribution in [2.24, 2.45) is 0 Å². The van der Waals surface area contributed by atoms with Crippen LogP contribution in [-0.2, 0) is 4.74 Å². The van der Waals surface area contributed by atoms with E-state index in [4.69, 9.17) is 4.74 Å². The third kappa shape index (κ3) is 2.19. The molecule has 0 spiro atoms. The minimum atomic E-state index is 0.438. The number of hydrogen-bond acceptors (Lipinski definition) is 1. The topological polar surface area (TPSA) is 12.5 Å². The molecule has 1 atom stereocenters. The van der Waals surface area contributed by atoms with Crippen molar-refractivity contribution in [1.82, 2.24) is 0 Å². The van der Waals surface area contributed by atoms with Crippen molar-refractivity contribution in [2.75, 3.05) is 6.61 Å². The summed E-state index contributed by atoms with van der Waals surface area (Å²) < 4.78 is 5.17. The van der Waals surface area contributed by atoms with Gasteiger partial charge in [-0.3, -0.25) is 0 Å². The van der Waals surface area contributed by atoms with Crippen LogP contribution in [-0.4, -0.2) is 12.7 Å². The van der Waals surface area contributed by atoms with Crippen LogP contribution in [0.2, 0.25) is 0 Å². The first-order valence-electron chi connectivity index (χ1n) is 4.62. The van der Waals surface area contributed by atoms with Crippen LogP contribution in [0.15, 0.2) is 30.8 Å². The van der Waals surface area contributed by atoms with E-state index in [0.29, 0.717) is 6.10 Å². The molecule has 1 aromatic carbocycles. The molecule has 13 heavy (non-hydrogen) atoms. The number of ether oxygens (including phenoxy) is 1. The van der Waals surface area contributed by atoms with Gasteiger partial charge in [-0.2, -0.15) is 0 Å². The summed E-state index contributed by atoms with van der Waals surface area (Å²) in [5.74, 6) is 0. The smallest absolute Gasteiger partial charge is 0.0850 e. The van der Waals surface area contributed by atoms with Gasteiger partial charge in [0, 0.05) is 6.42 Å². The van der Waals surface area contributed by atoms with Crippen LogP contribution in [0.4, 0.5) is 0 Å². The Morgan fingerprint density at radius 2 is 2.38 bits per heavy atom. The fraction of sp³-hybridized carbons (Fsp3) is 0.333. The summed E-state index contributed by atoms with van der Waals surface area (Å²) in [6.07, 6.45) is 1.41. The molecule has 1 fully saturated rings. The van der Waals surface area contributed by atoms with E-state index in [1.165, 1.54) is 16.7 Å². The molecule has 68 valence electrons. The molecule has 0 amide bonds. The average Bonchev–Trinajstić information content (AvgIpc) is 2.88. The van der Waals surface area contributed by atoms with Crippen LogP contribution in [0.3, 0.4) is 0 Å². The molecule has 1 aliphatic heterocycles. The highest BCUT2D eigenvalue weighted by Crippen LogP contribution is 2.25. The zero-order valence-electron chi connectivity index (χ0n) is 7.92. The summed E-state index contributed by atoms with van der Waals surface area (Å²) in [4.78, 5) is 0. The van der Waals surface area contributed by atoms with E-state index in [-0.39, 0.29) is 0 Å². The van der Waals surface area contributed by atoms with Crippen LogP contribution >= 0.6 is 0 Å². The monoisotopic (exact) mass is 174 g/mol. The van der Waals surface area contributed by atoms with Crippen LogP contribution in [0.5, 0.6) is 0 Å². The van der Waals surface area contributed by atoms with Gasteiger partial charge in [0.2, 0.25) is 0 Å². The molecule has 1 aliphatic rings. The summed E-state index contributed by atoms with van der Waals surface area (Å²) in [5.41, 5.74) is 3.72. The van der Waals surface area contributed by atoms with Crippen LogP contribution in [0.1, 0.15) is 17.5 Å². The van der Waals surface area contributed by atoms with Gasteiger partial charge >= 0.3 is 0 Å². The van der Waals surface area contributed by atoms with E-state index in [2.05, 4.69) is 37.8 Å². The van der Waals surface area contributed by atoms with E-state index in [9.17, 15) is 0 Å². The van der Waals surface area contributed by atoms with Crippen molar-refractivity contribution >= 4 is 5.57 Å². The lowest BCUT2D eigenvalue weighted by molar-refractivity contribution is 0.412. The van der Waals surface area contributed by atoms with Gasteiger partial charge in [0.25, 0.3) is 0 Å². The number of hydrogen-bond donors (Lipinski definition) is 0. The normalized spacial score (nSPS) is 19.9. The molecular formula is C12H14O. The van der Waals surface area contributed by atoms with Gasteiger partial charge in [-0.05, 0) is 18.1 Å². The Morgan fingerprint density at radius 3 is 3.00 bits per heavy atom. The Morgan fingerprint density at radius 1 is 1.62 bits per heavy atom. The van der Waals surface area contributed by atoms with Crippen LogP contribution < -0.4 is 0 Å². The fourth-order valence-corrected chi connectivity index (χ4v) is 1.44. The van der Waals surface area contributed by atoms with Crippen LogP contribution in [0.25, 0.3) is 5.57 Å². The zero-order chi connectivity index (χ0) is 9.26. The number of epoxide rings is 1. The van der Waals surface area contributed by atoms with Gasteiger partial charge in [0.1, 0.15) is 0 Å². The highest BCUT2D eigenvalue weighted by atomic mass is 16.6.